The molecule has 1 aliphatic heterocycles. The normalized spacial score (nSPS) is 22.9. The highest BCUT2D eigenvalue weighted by molar-refractivity contribution is 5.92. The summed E-state index contributed by atoms with van der Waals surface area (Å²) in [7, 11) is 0. The molecule has 0 radical (unpaired) electrons. The van der Waals surface area contributed by atoms with Crippen molar-refractivity contribution in [2.75, 3.05) is 19.7 Å². The number of ether oxygens (including phenoxy) is 1. The van der Waals surface area contributed by atoms with Gasteiger partial charge in [-0.05, 0) is 44.4 Å². The summed E-state index contributed by atoms with van der Waals surface area (Å²) in [5.74, 6) is 1.25. The number of carbonyl (C=O) groups is 2. The van der Waals surface area contributed by atoms with E-state index < -0.39 is 0 Å². The number of hydrogen-bond acceptors (Lipinski definition) is 5. The molecule has 3 aliphatic rings. The maximum absolute atomic E-state index is 13.1. The van der Waals surface area contributed by atoms with Gasteiger partial charge in [0.15, 0.2) is 11.5 Å². The maximum atomic E-state index is 13.1. The molecule has 1 atom stereocenters. The van der Waals surface area contributed by atoms with E-state index in [9.17, 15) is 9.59 Å². The summed E-state index contributed by atoms with van der Waals surface area (Å²) in [5, 5.41) is 6.81. The number of amides is 2. The van der Waals surface area contributed by atoms with Crippen LogP contribution >= 0.6 is 0 Å². The lowest BCUT2D eigenvalue weighted by atomic mass is 9.88. The topological polar surface area (TPSA) is 84.7 Å². The Hall–Kier alpha value is -1.89. The predicted molar refractivity (Wildman–Crippen MR) is 103 cm³/mol. The lowest BCUT2D eigenvalue weighted by Gasteiger charge is -2.30. The second kappa shape index (κ2) is 9.07. The Morgan fingerprint density at radius 3 is 2.64 bits per heavy atom. The zero-order chi connectivity index (χ0) is 19.3. The van der Waals surface area contributed by atoms with Crippen LogP contribution < -0.4 is 5.32 Å². The van der Waals surface area contributed by atoms with Gasteiger partial charge in [-0.25, -0.2) is 0 Å². The summed E-state index contributed by atoms with van der Waals surface area (Å²) in [5.41, 5.74) is 0.290. The molecule has 2 aliphatic carbocycles. The summed E-state index contributed by atoms with van der Waals surface area (Å²) in [6, 6.07) is 1.67. The van der Waals surface area contributed by atoms with E-state index in [1.165, 1.54) is 19.3 Å². The van der Waals surface area contributed by atoms with Gasteiger partial charge in [-0.15, -0.1) is 0 Å². The molecule has 1 aromatic heterocycles. The third-order valence-electron chi connectivity index (χ3n) is 6.10. The second-order valence-electron chi connectivity index (χ2n) is 8.52. The van der Waals surface area contributed by atoms with Gasteiger partial charge in [-0.2, -0.15) is 0 Å². The number of carbonyl (C=O) groups excluding carboxylic acids is 2. The Balaban J connectivity index is 1.39. The van der Waals surface area contributed by atoms with Gasteiger partial charge in [0.25, 0.3) is 5.91 Å². The van der Waals surface area contributed by atoms with E-state index in [1.807, 2.05) is 4.90 Å². The van der Waals surface area contributed by atoms with Crippen LogP contribution in [0.2, 0.25) is 0 Å². The summed E-state index contributed by atoms with van der Waals surface area (Å²) in [6.45, 7) is 2.40. The van der Waals surface area contributed by atoms with Crippen molar-refractivity contribution < 1.29 is 18.8 Å². The highest BCUT2D eigenvalue weighted by Gasteiger charge is 2.30. The quantitative estimate of drug-likeness (QED) is 0.739. The Labute approximate surface area is 166 Å². The van der Waals surface area contributed by atoms with Crippen molar-refractivity contribution in [2.24, 2.45) is 11.8 Å². The minimum atomic E-state index is -0.203. The van der Waals surface area contributed by atoms with Gasteiger partial charge in [0, 0.05) is 31.7 Å². The Bertz CT molecular complexity index is 673. The SMILES string of the molecule is O=C(NCC1CC1)c1cc(CN(CC2CCCO2)C(=O)C2CCCCC2)on1. The van der Waals surface area contributed by atoms with Gasteiger partial charge in [0.1, 0.15) is 0 Å². The molecule has 1 unspecified atom stereocenters. The van der Waals surface area contributed by atoms with E-state index in [-0.39, 0.29) is 29.5 Å². The fraction of sp³-hybridized carbons (Fsp3) is 0.762. The van der Waals surface area contributed by atoms with Gasteiger partial charge in [0.05, 0.1) is 12.6 Å². The van der Waals surface area contributed by atoms with Gasteiger partial charge >= 0.3 is 0 Å². The number of nitrogens with one attached hydrogen (secondary N) is 1. The number of hydrogen-bond donors (Lipinski definition) is 1. The molecule has 2 amide bonds. The fourth-order valence-corrected chi connectivity index (χ4v) is 4.21. The first kappa shape index (κ1) is 19.4. The fourth-order valence-electron chi connectivity index (χ4n) is 4.21. The van der Waals surface area contributed by atoms with E-state index in [1.54, 1.807) is 6.07 Å². The second-order valence-corrected chi connectivity index (χ2v) is 8.52. The van der Waals surface area contributed by atoms with Gasteiger partial charge < -0.3 is 19.5 Å². The monoisotopic (exact) mass is 389 g/mol. The average Bonchev–Trinajstić information content (AvgIpc) is 3.19. The van der Waals surface area contributed by atoms with E-state index in [4.69, 9.17) is 9.26 Å². The van der Waals surface area contributed by atoms with Crippen molar-refractivity contribution in [1.82, 2.24) is 15.4 Å². The Morgan fingerprint density at radius 1 is 1.11 bits per heavy atom. The highest BCUT2D eigenvalue weighted by atomic mass is 16.5. The Morgan fingerprint density at radius 2 is 1.93 bits per heavy atom. The first-order chi connectivity index (χ1) is 13.7. The zero-order valence-electron chi connectivity index (χ0n) is 16.5. The van der Waals surface area contributed by atoms with Crippen molar-refractivity contribution in [3.8, 4) is 0 Å². The molecule has 7 heteroatoms. The van der Waals surface area contributed by atoms with Crippen LogP contribution in [-0.4, -0.2) is 47.7 Å². The molecule has 4 rings (SSSR count). The van der Waals surface area contributed by atoms with Crippen molar-refractivity contribution in [3.05, 3.63) is 17.5 Å². The van der Waals surface area contributed by atoms with Gasteiger partial charge in [0.2, 0.25) is 5.91 Å². The molecule has 28 heavy (non-hydrogen) atoms. The number of aromatic nitrogens is 1. The standard InChI is InChI=1S/C21H31N3O4/c25-20(22-12-15-8-9-15)19-11-18(28-23-19)14-24(13-17-7-4-10-27-17)21(26)16-5-2-1-3-6-16/h11,15-17H,1-10,12-14H2,(H,22,25). The molecule has 2 saturated carbocycles. The minimum absolute atomic E-state index is 0.0942. The first-order valence-corrected chi connectivity index (χ1v) is 10.8. The third kappa shape index (κ3) is 5.13. The van der Waals surface area contributed by atoms with Gasteiger partial charge in [-0.3, -0.25) is 9.59 Å². The van der Waals surface area contributed by atoms with Crippen molar-refractivity contribution in [3.63, 3.8) is 0 Å². The van der Waals surface area contributed by atoms with Crippen molar-refractivity contribution in [1.29, 1.82) is 0 Å². The third-order valence-corrected chi connectivity index (χ3v) is 6.10. The van der Waals surface area contributed by atoms with Crippen LogP contribution in [0.25, 0.3) is 0 Å². The number of rotatable bonds is 8. The molecule has 1 saturated heterocycles. The molecule has 0 bridgehead atoms. The highest BCUT2D eigenvalue weighted by Crippen LogP contribution is 2.28. The summed E-state index contributed by atoms with van der Waals surface area (Å²) in [4.78, 5) is 27.2. The van der Waals surface area contributed by atoms with E-state index in [0.717, 1.165) is 45.1 Å². The lowest BCUT2D eigenvalue weighted by molar-refractivity contribution is -0.139. The van der Waals surface area contributed by atoms with Crippen molar-refractivity contribution in [2.45, 2.75) is 70.4 Å². The van der Waals surface area contributed by atoms with E-state index in [2.05, 4.69) is 10.5 Å². The van der Waals surface area contributed by atoms with Crippen LogP contribution in [-0.2, 0) is 16.1 Å². The molecular formula is C21H31N3O4. The van der Waals surface area contributed by atoms with Crippen LogP contribution in [0.5, 0.6) is 0 Å². The summed E-state index contributed by atoms with van der Waals surface area (Å²) in [6.07, 6.45) is 9.89. The van der Waals surface area contributed by atoms with Crippen LogP contribution in [0.4, 0.5) is 0 Å². The first-order valence-electron chi connectivity index (χ1n) is 10.8. The molecule has 0 aromatic carbocycles. The van der Waals surface area contributed by atoms with Crippen LogP contribution in [0, 0.1) is 11.8 Å². The Kier molecular flexibility index (Phi) is 6.29. The molecule has 0 spiro atoms. The summed E-state index contributed by atoms with van der Waals surface area (Å²) < 4.78 is 11.2. The average molecular weight is 389 g/mol. The number of nitrogens with zero attached hydrogens (tertiary/aromatic N) is 2. The molecule has 154 valence electrons. The minimum Gasteiger partial charge on any atom is -0.376 e. The molecule has 2 heterocycles. The van der Waals surface area contributed by atoms with Crippen LogP contribution in [0.15, 0.2) is 10.6 Å². The predicted octanol–water partition coefficient (Wildman–Crippen LogP) is 2.90. The zero-order valence-corrected chi connectivity index (χ0v) is 16.5. The van der Waals surface area contributed by atoms with Crippen molar-refractivity contribution >= 4 is 11.8 Å². The molecule has 7 nitrogen and oxygen atoms in total. The molecule has 3 fully saturated rings. The molecule has 1 N–H and O–H groups in total. The molecular weight excluding hydrogens is 358 g/mol. The van der Waals surface area contributed by atoms with Crippen LogP contribution in [0.1, 0.15) is 74.0 Å². The maximum Gasteiger partial charge on any atom is 0.273 e. The summed E-state index contributed by atoms with van der Waals surface area (Å²) >= 11 is 0. The smallest absolute Gasteiger partial charge is 0.273 e. The van der Waals surface area contributed by atoms with E-state index in [0.29, 0.717) is 31.3 Å². The molecule has 1 aromatic rings. The largest absolute Gasteiger partial charge is 0.376 e. The van der Waals surface area contributed by atoms with Gasteiger partial charge in [-0.1, -0.05) is 24.4 Å². The van der Waals surface area contributed by atoms with Crippen LogP contribution in [0.3, 0.4) is 0 Å². The van der Waals surface area contributed by atoms with E-state index >= 15 is 0 Å². The lowest BCUT2D eigenvalue weighted by Crippen LogP contribution is -2.41.